The fourth-order valence-electron chi connectivity index (χ4n) is 3.27. The topological polar surface area (TPSA) is 117 Å². The van der Waals surface area contributed by atoms with E-state index in [1.807, 2.05) is 0 Å². The number of aromatic nitrogens is 3. The van der Waals surface area contributed by atoms with E-state index in [-0.39, 0.29) is 11.5 Å². The first-order valence-electron chi connectivity index (χ1n) is 8.90. The number of aromatic carboxylic acids is 1. The number of hydrogen-bond acceptors (Lipinski definition) is 6. The molecule has 2 aromatic rings. The van der Waals surface area contributed by atoms with E-state index in [9.17, 15) is 18.3 Å². The second-order valence-electron chi connectivity index (χ2n) is 6.98. The number of hydrogen-bond donors (Lipinski definition) is 1. The molecule has 1 atom stereocenters. The number of rotatable bonds is 5. The molecular weight excluding hydrogens is 382 g/mol. The zero-order chi connectivity index (χ0) is 20.5. The van der Waals surface area contributed by atoms with Gasteiger partial charge in [-0.25, -0.2) is 14.8 Å². The molecule has 1 N–H and O–H groups in total. The lowest BCUT2D eigenvalue weighted by Gasteiger charge is -2.33. The molecule has 1 aliphatic heterocycles. The van der Waals surface area contributed by atoms with E-state index in [2.05, 4.69) is 15.0 Å². The van der Waals surface area contributed by atoms with Crippen molar-refractivity contribution >= 4 is 16.2 Å². The Balaban J connectivity index is 1.93. The summed E-state index contributed by atoms with van der Waals surface area (Å²) >= 11 is 0. The molecule has 9 nitrogen and oxygen atoms in total. The molecule has 28 heavy (non-hydrogen) atoms. The van der Waals surface area contributed by atoms with Crippen molar-refractivity contribution in [3.05, 3.63) is 41.6 Å². The third-order valence-electron chi connectivity index (χ3n) is 4.73. The highest BCUT2D eigenvalue weighted by Crippen LogP contribution is 2.30. The third-order valence-corrected chi connectivity index (χ3v) is 6.64. The average molecular weight is 405 g/mol. The van der Waals surface area contributed by atoms with Gasteiger partial charge in [0.15, 0.2) is 0 Å². The van der Waals surface area contributed by atoms with Gasteiger partial charge in [-0.15, -0.1) is 0 Å². The Morgan fingerprint density at radius 3 is 2.68 bits per heavy atom. The molecule has 1 aliphatic rings. The van der Waals surface area contributed by atoms with Gasteiger partial charge in [0.05, 0.1) is 11.3 Å². The lowest BCUT2D eigenvalue weighted by atomic mass is 9.95. The molecule has 3 rings (SSSR count). The number of pyridine rings is 1. The first-order chi connectivity index (χ1) is 13.2. The minimum atomic E-state index is -3.48. The van der Waals surface area contributed by atoms with Gasteiger partial charge < -0.3 is 5.11 Å². The van der Waals surface area contributed by atoms with Crippen molar-refractivity contribution in [3.8, 4) is 11.3 Å². The number of carboxylic acids is 1. The zero-order valence-corrected chi connectivity index (χ0v) is 16.8. The van der Waals surface area contributed by atoms with Gasteiger partial charge in [-0.3, -0.25) is 4.98 Å². The zero-order valence-electron chi connectivity index (χ0n) is 16.0. The smallest absolute Gasteiger partial charge is 0.337 e. The van der Waals surface area contributed by atoms with Crippen LogP contribution in [0.25, 0.3) is 11.3 Å². The Morgan fingerprint density at radius 2 is 2.00 bits per heavy atom. The lowest BCUT2D eigenvalue weighted by Crippen LogP contribution is -2.45. The number of carboxylic acid groups (broad SMARTS) is 1. The Bertz CT molecular complexity index is 993. The standard InChI is InChI=1S/C18H23N5O4S/c1-12-20-16(13-5-4-6-23(11-13)28(26,27)22(2)3)8-17(21-12)14-7-15(18(24)25)10-19-9-14/h7-10,13H,4-6,11H2,1-3H3,(H,24,25). The SMILES string of the molecule is Cc1nc(-c2cncc(C(=O)O)c2)cc(C2CCCN(S(=O)(=O)N(C)C)C2)n1. The van der Waals surface area contributed by atoms with Gasteiger partial charge in [0.1, 0.15) is 5.82 Å². The fourth-order valence-corrected chi connectivity index (χ4v) is 4.46. The molecule has 0 radical (unpaired) electrons. The minimum absolute atomic E-state index is 0.0560. The van der Waals surface area contributed by atoms with Crippen LogP contribution in [0.15, 0.2) is 24.5 Å². The highest BCUT2D eigenvalue weighted by Gasteiger charge is 2.32. The summed E-state index contributed by atoms with van der Waals surface area (Å²) in [4.78, 5) is 24.1. The van der Waals surface area contributed by atoms with E-state index in [4.69, 9.17) is 0 Å². The normalized spacial score (nSPS) is 18.4. The van der Waals surface area contributed by atoms with Crippen LogP contribution in [0.3, 0.4) is 0 Å². The van der Waals surface area contributed by atoms with Crippen LogP contribution in [-0.2, 0) is 10.2 Å². The minimum Gasteiger partial charge on any atom is -0.478 e. The number of aryl methyl sites for hydroxylation is 1. The molecule has 0 saturated carbocycles. The monoisotopic (exact) mass is 405 g/mol. The highest BCUT2D eigenvalue weighted by atomic mass is 32.2. The Kier molecular flexibility index (Phi) is 5.73. The van der Waals surface area contributed by atoms with Crippen LogP contribution in [0.1, 0.15) is 40.6 Å². The molecule has 150 valence electrons. The van der Waals surface area contributed by atoms with Crippen LogP contribution in [0.2, 0.25) is 0 Å². The van der Waals surface area contributed by atoms with Crippen LogP contribution in [0, 0.1) is 6.92 Å². The van der Waals surface area contributed by atoms with Gasteiger partial charge in [-0.1, -0.05) is 0 Å². The highest BCUT2D eigenvalue weighted by molar-refractivity contribution is 7.86. The van der Waals surface area contributed by atoms with Crippen molar-refractivity contribution < 1.29 is 18.3 Å². The van der Waals surface area contributed by atoms with Crippen LogP contribution in [0.4, 0.5) is 0 Å². The van der Waals surface area contributed by atoms with Crippen LogP contribution < -0.4 is 0 Å². The van der Waals surface area contributed by atoms with Crippen molar-refractivity contribution in [1.29, 1.82) is 0 Å². The van der Waals surface area contributed by atoms with E-state index < -0.39 is 16.2 Å². The van der Waals surface area contributed by atoms with Gasteiger partial charge in [0.2, 0.25) is 0 Å². The van der Waals surface area contributed by atoms with Crippen molar-refractivity contribution in [2.75, 3.05) is 27.2 Å². The predicted molar refractivity (Wildman–Crippen MR) is 103 cm³/mol. The summed E-state index contributed by atoms with van der Waals surface area (Å²) in [5.41, 5.74) is 1.99. The molecule has 1 fully saturated rings. The summed E-state index contributed by atoms with van der Waals surface area (Å²) in [6.07, 6.45) is 4.41. The predicted octanol–water partition coefficient (Wildman–Crippen LogP) is 1.53. The Labute approximate surface area is 164 Å². The average Bonchev–Trinajstić information content (AvgIpc) is 2.67. The van der Waals surface area contributed by atoms with Crippen LogP contribution in [0.5, 0.6) is 0 Å². The van der Waals surface area contributed by atoms with Crippen molar-refractivity contribution in [3.63, 3.8) is 0 Å². The molecule has 2 aromatic heterocycles. The maximum atomic E-state index is 12.5. The third kappa shape index (κ3) is 4.18. The molecule has 10 heteroatoms. The summed E-state index contributed by atoms with van der Waals surface area (Å²) in [5.74, 6) is -0.572. The molecule has 0 aromatic carbocycles. The first-order valence-corrected chi connectivity index (χ1v) is 10.3. The summed E-state index contributed by atoms with van der Waals surface area (Å²) in [7, 11) is -0.436. The summed E-state index contributed by atoms with van der Waals surface area (Å²) in [6.45, 7) is 2.60. The van der Waals surface area contributed by atoms with Crippen LogP contribution >= 0.6 is 0 Å². The number of nitrogens with zero attached hydrogens (tertiary/aromatic N) is 5. The maximum absolute atomic E-state index is 12.5. The number of piperidine rings is 1. The molecule has 3 heterocycles. The van der Waals surface area contributed by atoms with Gasteiger partial charge >= 0.3 is 5.97 Å². The van der Waals surface area contributed by atoms with E-state index in [0.29, 0.717) is 30.2 Å². The maximum Gasteiger partial charge on any atom is 0.337 e. The van der Waals surface area contributed by atoms with Gasteiger partial charge in [-0.2, -0.15) is 17.0 Å². The van der Waals surface area contributed by atoms with Gasteiger partial charge in [-0.05, 0) is 31.9 Å². The molecule has 0 bridgehead atoms. The second-order valence-corrected chi connectivity index (χ2v) is 9.12. The van der Waals surface area contributed by atoms with E-state index in [1.54, 1.807) is 19.2 Å². The molecule has 1 unspecified atom stereocenters. The van der Waals surface area contributed by atoms with Crippen molar-refractivity contribution in [2.45, 2.75) is 25.7 Å². The summed E-state index contributed by atoms with van der Waals surface area (Å²) in [6, 6.07) is 3.32. The molecular formula is C18H23N5O4S. The fraction of sp³-hybridized carbons (Fsp3) is 0.444. The van der Waals surface area contributed by atoms with E-state index in [0.717, 1.165) is 18.5 Å². The van der Waals surface area contributed by atoms with Gasteiger partial charge in [0, 0.05) is 56.8 Å². The Hall–Kier alpha value is -2.43. The van der Waals surface area contributed by atoms with Crippen LogP contribution in [-0.4, -0.2) is 70.2 Å². The van der Waals surface area contributed by atoms with Crippen molar-refractivity contribution in [1.82, 2.24) is 23.6 Å². The lowest BCUT2D eigenvalue weighted by molar-refractivity contribution is 0.0696. The Morgan fingerprint density at radius 1 is 1.25 bits per heavy atom. The van der Waals surface area contributed by atoms with Crippen molar-refractivity contribution in [2.24, 2.45) is 0 Å². The summed E-state index contributed by atoms with van der Waals surface area (Å²) in [5, 5.41) is 9.18. The molecule has 1 saturated heterocycles. The molecule has 0 amide bonds. The van der Waals surface area contributed by atoms with E-state index in [1.165, 1.54) is 35.0 Å². The largest absolute Gasteiger partial charge is 0.478 e. The second kappa shape index (κ2) is 7.90. The van der Waals surface area contributed by atoms with E-state index >= 15 is 0 Å². The summed E-state index contributed by atoms with van der Waals surface area (Å²) < 4.78 is 27.6. The quantitative estimate of drug-likeness (QED) is 0.802. The van der Waals surface area contributed by atoms with Gasteiger partial charge in [0.25, 0.3) is 10.2 Å². The molecule has 0 aliphatic carbocycles. The number of carbonyl (C=O) groups is 1. The molecule has 0 spiro atoms. The first kappa shape index (κ1) is 20.3.